The Labute approximate surface area is 97.9 Å². The van der Waals surface area contributed by atoms with Crippen molar-refractivity contribution >= 4 is 5.97 Å². The van der Waals surface area contributed by atoms with E-state index >= 15 is 0 Å². The average molecular weight is 232 g/mol. The van der Waals surface area contributed by atoms with Crippen LogP contribution in [0.2, 0.25) is 0 Å². The molecule has 1 atom stereocenters. The molecule has 0 bridgehead atoms. The summed E-state index contributed by atoms with van der Waals surface area (Å²) >= 11 is 0. The van der Waals surface area contributed by atoms with Gasteiger partial charge in [0, 0.05) is 13.7 Å². The van der Waals surface area contributed by atoms with Crippen LogP contribution in [0.5, 0.6) is 0 Å². The minimum absolute atomic E-state index is 0.140. The van der Waals surface area contributed by atoms with E-state index in [0.29, 0.717) is 6.61 Å². The second-order valence-electron chi connectivity index (χ2n) is 3.91. The molecule has 0 spiro atoms. The van der Waals surface area contributed by atoms with E-state index in [1.807, 2.05) is 0 Å². The van der Waals surface area contributed by atoms with E-state index in [0.717, 1.165) is 12.8 Å². The van der Waals surface area contributed by atoms with E-state index in [9.17, 15) is 4.79 Å². The molecule has 1 N–H and O–H groups in total. The summed E-state index contributed by atoms with van der Waals surface area (Å²) < 4.78 is 10.00. The topological polar surface area (TPSA) is 55.8 Å². The molecule has 0 fully saturated rings. The Balaban J connectivity index is 3.22. The molecule has 16 heavy (non-hydrogen) atoms. The lowest BCUT2D eigenvalue weighted by Crippen LogP contribution is -2.28. The molecular weight excluding hydrogens is 208 g/mol. The third-order valence-corrected chi connectivity index (χ3v) is 2.47. The fraction of sp³-hybridized carbons (Fsp3) is 0.917. The van der Waals surface area contributed by atoms with Crippen molar-refractivity contribution in [2.24, 2.45) is 0 Å². The zero-order valence-corrected chi connectivity index (χ0v) is 10.4. The van der Waals surface area contributed by atoms with Gasteiger partial charge in [0.05, 0.1) is 6.61 Å². The van der Waals surface area contributed by atoms with Crippen LogP contribution in [0.4, 0.5) is 0 Å². The number of carboxylic acid groups (broad SMARTS) is 1. The number of methoxy groups -OCH3 is 1. The van der Waals surface area contributed by atoms with Crippen LogP contribution in [0.15, 0.2) is 0 Å². The fourth-order valence-electron chi connectivity index (χ4n) is 1.41. The molecule has 0 rings (SSSR count). The predicted octanol–water partition coefficient (Wildman–Crippen LogP) is 2.46. The van der Waals surface area contributed by atoms with Gasteiger partial charge in [-0.25, -0.2) is 4.79 Å². The summed E-state index contributed by atoms with van der Waals surface area (Å²) in [7, 11) is 1.38. The van der Waals surface area contributed by atoms with Crippen LogP contribution in [0.3, 0.4) is 0 Å². The van der Waals surface area contributed by atoms with Gasteiger partial charge in [0.1, 0.15) is 0 Å². The quantitative estimate of drug-likeness (QED) is 0.556. The molecule has 0 saturated carbocycles. The SMILES string of the molecule is CCCCCCCCOCC(OC)C(=O)O. The predicted molar refractivity (Wildman–Crippen MR) is 62.6 cm³/mol. The van der Waals surface area contributed by atoms with Gasteiger partial charge >= 0.3 is 5.97 Å². The molecule has 0 aliphatic rings. The van der Waals surface area contributed by atoms with Crippen LogP contribution in [-0.4, -0.2) is 37.5 Å². The Bertz CT molecular complexity index is 170. The summed E-state index contributed by atoms with van der Waals surface area (Å²) in [6.45, 7) is 2.96. The minimum atomic E-state index is -0.967. The van der Waals surface area contributed by atoms with E-state index in [-0.39, 0.29) is 6.61 Å². The number of carbonyl (C=O) groups is 1. The first-order valence-corrected chi connectivity index (χ1v) is 6.05. The van der Waals surface area contributed by atoms with Crippen LogP contribution in [-0.2, 0) is 14.3 Å². The number of aliphatic carboxylic acids is 1. The van der Waals surface area contributed by atoms with E-state index in [2.05, 4.69) is 6.92 Å². The second kappa shape index (κ2) is 10.9. The maximum absolute atomic E-state index is 10.6. The minimum Gasteiger partial charge on any atom is -0.479 e. The Morgan fingerprint density at radius 1 is 1.19 bits per heavy atom. The van der Waals surface area contributed by atoms with Gasteiger partial charge < -0.3 is 14.6 Å². The summed E-state index contributed by atoms with van der Waals surface area (Å²) in [6, 6.07) is 0. The van der Waals surface area contributed by atoms with Crippen LogP contribution in [0.25, 0.3) is 0 Å². The van der Waals surface area contributed by atoms with Gasteiger partial charge in [-0.2, -0.15) is 0 Å². The lowest BCUT2D eigenvalue weighted by Gasteiger charge is -2.10. The summed E-state index contributed by atoms with van der Waals surface area (Å²) in [6.07, 6.45) is 6.40. The van der Waals surface area contributed by atoms with Crippen molar-refractivity contribution < 1.29 is 19.4 Å². The summed E-state index contributed by atoms with van der Waals surface area (Å²) in [5.74, 6) is -0.967. The lowest BCUT2D eigenvalue weighted by molar-refractivity contribution is -0.152. The normalized spacial score (nSPS) is 12.6. The highest BCUT2D eigenvalue weighted by Crippen LogP contribution is 2.05. The average Bonchev–Trinajstić information content (AvgIpc) is 2.26. The number of carboxylic acids is 1. The number of rotatable bonds is 11. The highest BCUT2D eigenvalue weighted by Gasteiger charge is 2.15. The molecule has 0 aliphatic heterocycles. The van der Waals surface area contributed by atoms with E-state index < -0.39 is 12.1 Å². The van der Waals surface area contributed by atoms with Gasteiger partial charge in [0.25, 0.3) is 0 Å². The van der Waals surface area contributed by atoms with Gasteiger partial charge in [-0.15, -0.1) is 0 Å². The van der Waals surface area contributed by atoms with Crippen LogP contribution in [0, 0.1) is 0 Å². The molecule has 1 unspecified atom stereocenters. The largest absolute Gasteiger partial charge is 0.479 e. The molecular formula is C12H24O4. The summed E-state index contributed by atoms with van der Waals surface area (Å²) in [5, 5.41) is 8.67. The van der Waals surface area contributed by atoms with Gasteiger partial charge in [-0.1, -0.05) is 39.0 Å². The van der Waals surface area contributed by atoms with Gasteiger partial charge in [0.2, 0.25) is 0 Å². The highest BCUT2D eigenvalue weighted by molar-refractivity contribution is 5.72. The number of ether oxygens (including phenoxy) is 2. The molecule has 0 saturated heterocycles. The van der Waals surface area contributed by atoms with Crippen molar-refractivity contribution in [3.05, 3.63) is 0 Å². The van der Waals surface area contributed by atoms with Crippen molar-refractivity contribution in [2.75, 3.05) is 20.3 Å². The number of hydrogen-bond acceptors (Lipinski definition) is 3. The van der Waals surface area contributed by atoms with Gasteiger partial charge in [0.15, 0.2) is 6.10 Å². The Hall–Kier alpha value is -0.610. The maximum atomic E-state index is 10.6. The third kappa shape index (κ3) is 8.68. The van der Waals surface area contributed by atoms with Crippen molar-refractivity contribution in [3.8, 4) is 0 Å². The second-order valence-corrected chi connectivity index (χ2v) is 3.91. The lowest BCUT2D eigenvalue weighted by atomic mass is 10.1. The molecule has 0 aromatic carbocycles. The molecule has 96 valence electrons. The van der Waals surface area contributed by atoms with Crippen molar-refractivity contribution in [1.82, 2.24) is 0 Å². The number of hydrogen-bond donors (Lipinski definition) is 1. The zero-order valence-electron chi connectivity index (χ0n) is 10.4. The molecule has 4 nitrogen and oxygen atoms in total. The number of unbranched alkanes of at least 4 members (excludes halogenated alkanes) is 5. The van der Waals surface area contributed by atoms with Crippen LogP contribution >= 0.6 is 0 Å². The van der Waals surface area contributed by atoms with E-state index in [4.69, 9.17) is 14.6 Å². The van der Waals surface area contributed by atoms with Crippen LogP contribution < -0.4 is 0 Å². The highest BCUT2D eigenvalue weighted by atomic mass is 16.5. The summed E-state index contributed by atoms with van der Waals surface area (Å²) in [5.41, 5.74) is 0. The standard InChI is InChI=1S/C12H24O4/c1-3-4-5-6-7-8-9-16-10-11(15-2)12(13)14/h11H,3-10H2,1-2H3,(H,13,14). The van der Waals surface area contributed by atoms with E-state index in [1.165, 1.54) is 32.8 Å². The Morgan fingerprint density at radius 2 is 1.81 bits per heavy atom. The molecule has 0 aliphatic carbocycles. The molecule has 0 aromatic rings. The Kier molecular flexibility index (Phi) is 10.5. The van der Waals surface area contributed by atoms with Crippen LogP contribution in [0.1, 0.15) is 45.4 Å². The summed E-state index contributed by atoms with van der Waals surface area (Å²) in [4.78, 5) is 10.6. The first-order chi connectivity index (χ1) is 7.72. The van der Waals surface area contributed by atoms with Crippen molar-refractivity contribution in [3.63, 3.8) is 0 Å². The smallest absolute Gasteiger partial charge is 0.335 e. The zero-order chi connectivity index (χ0) is 12.2. The molecule has 0 amide bonds. The monoisotopic (exact) mass is 232 g/mol. The molecule has 0 radical (unpaired) electrons. The van der Waals surface area contributed by atoms with Gasteiger partial charge in [-0.3, -0.25) is 0 Å². The fourth-order valence-corrected chi connectivity index (χ4v) is 1.41. The van der Waals surface area contributed by atoms with Gasteiger partial charge in [-0.05, 0) is 6.42 Å². The third-order valence-electron chi connectivity index (χ3n) is 2.47. The Morgan fingerprint density at radius 3 is 2.38 bits per heavy atom. The molecule has 0 aromatic heterocycles. The first-order valence-electron chi connectivity index (χ1n) is 6.05. The first kappa shape index (κ1) is 15.4. The molecule has 0 heterocycles. The van der Waals surface area contributed by atoms with E-state index in [1.54, 1.807) is 0 Å². The molecule has 4 heteroatoms. The van der Waals surface area contributed by atoms with Crippen molar-refractivity contribution in [1.29, 1.82) is 0 Å². The maximum Gasteiger partial charge on any atom is 0.335 e. The van der Waals surface area contributed by atoms with Crippen molar-refractivity contribution in [2.45, 2.75) is 51.6 Å².